The Morgan fingerprint density at radius 1 is 0.897 bits per heavy atom. The first-order valence-electron chi connectivity index (χ1n) is 9.02. The summed E-state index contributed by atoms with van der Waals surface area (Å²) in [7, 11) is 1.57. The molecule has 4 rings (SSSR count). The van der Waals surface area contributed by atoms with E-state index in [9.17, 15) is 10.1 Å². The number of nitriles is 1. The highest BCUT2D eigenvalue weighted by Crippen LogP contribution is 2.33. The molecule has 2 aromatic heterocycles. The van der Waals surface area contributed by atoms with Crippen molar-refractivity contribution in [1.29, 1.82) is 5.26 Å². The summed E-state index contributed by atoms with van der Waals surface area (Å²) < 4.78 is 5.14. The average Bonchev–Trinajstić information content (AvgIpc) is 2.79. The molecule has 0 amide bonds. The Bertz CT molecular complexity index is 1270. The van der Waals surface area contributed by atoms with Crippen molar-refractivity contribution in [3.8, 4) is 45.3 Å². The molecule has 0 bridgehead atoms. The molecule has 5 nitrogen and oxygen atoms in total. The monoisotopic (exact) mass is 379 g/mol. The van der Waals surface area contributed by atoms with Gasteiger partial charge in [-0.3, -0.25) is 4.79 Å². The Balaban J connectivity index is 1.96. The van der Waals surface area contributed by atoms with E-state index in [-0.39, 0.29) is 5.56 Å². The van der Waals surface area contributed by atoms with Gasteiger partial charge in [-0.15, -0.1) is 0 Å². The van der Waals surface area contributed by atoms with Crippen LogP contribution in [0, 0.1) is 11.3 Å². The maximum atomic E-state index is 12.4. The molecule has 0 fully saturated rings. The van der Waals surface area contributed by atoms with E-state index in [0.717, 1.165) is 27.8 Å². The maximum Gasteiger partial charge on any atom is 0.255 e. The molecule has 29 heavy (non-hydrogen) atoms. The zero-order valence-electron chi connectivity index (χ0n) is 15.7. The summed E-state index contributed by atoms with van der Waals surface area (Å²) in [6.07, 6.45) is 3.34. The van der Waals surface area contributed by atoms with Crippen molar-refractivity contribution >= 4 is 0 Å². The Hall–Kier alpha value is -4.17. The van der Waals surface area contributed by atoms with Crippen LogP contribution >= 0.6 is 0 Å². The fourth-order valence-corrected chi connectivity index (χ4v) is 3.26. The molecule has 0 saturated carbocycles. The Kier molecular flexibility index (Phi) is 4.91. The molecule has 0 aliphatic rings. The summed E-state index contributed by atoms with van der Waals surface area (Å²) in [6.45, 7) is 0. The first-order valence-corrected chi connectivity index (χ1v) is 9.02. The van der Waals surface area contributed by atoms with Crippen molar-refractivity contribution in [3.63, 3.8) is 0 Å². The summed E-state index contributed by atoms with van der Waals surface area (Å²) in [5, 5.41) is 9.53. The Morgan fingerprint density at radius 3 is 2.31 bits per heavy atom. The van der Waals surface area contributed by atoms with Gasteiger partial charge in [0.25, 0.3) is 5.56 Å². The van der Waals surface area contributed by atoms with Crippen LogP contribution in [0.4, 0.5) is 0 Å². The molecular weight excluding hydrogens is 362 g/mol. The number of ether oxygens (including phenoxy) is 1. The molecule has 0 unspecified atom stereocenters. The predicted octanol–water partition coefficient (Wildman–Crippen LogP) is 4.65. The molecule has 0 saturated heterocycles. The Morgan fingerprint density at radius 2 is 1.62 bits per heavy atom. The van der Waals surface area contributed by atoms with E-state index in [1.807, 2.05) is 42.5 Å². The SMILES string of the molecule is COc1ccc(-c2cc(-c3ccccc3C#N)cc(-c3ccc[nH]c3=O)c2)cn1. The standard InChI is InChI=1S/C24H17N3O2/c1-29-23-9-8-17(15-27-23)18-11-19(21-6-3-2-5-16(21)14-25)13-20(12-18)22-7-4-10-26-24(22)28/h2-13,15H,1H3,(H,26,28). The first-order chi connectivity index (χ1) is 14.2. The van der Waals surface area contributed by atoms with E-state index in [0.29, 0.717) is 17.0 Å². The molecule has 4 aromatic rings. The number of pyridine rings is 2. The largest absolute Gasteiger partial charge is 0.481 e. The van der Waals surface area contributed by atoms with E-state index < -0.39 is 0 Å². The lowest BCUT2D eigenvalue weighted by atomic mass is 9.92. The van der Waals surface area contributed by atoms with Gasteiger partial charge in [0, 0.05) is 29.6 Å². The first kappa shape index (κ1) is 18.2. The quantitative estimate of drug-likeness (QED) is 0.560. The van der Waals surface area contributed by atoms with Crippen LogP contribution in [0.2, 0.25) is 0 Å². The highest BCUT2D eigenvalue weighted by atomic mass is 16.5. The van der Waals surface area contributed by atoms with Crippen molar-refractivity contribution in [2.24, 2.45) is 0 Å². The lowest BCUT2D eigenvalue weighted by Gasteiger charge is -2.12. The fourth-order valence-electron chi connectivity index (χ4n) is 3.26. The minimum Gasteiger partial charge on any atom is -0.481 e. The third-order valence-electron chi connectivity index (χ3n) is 4.70. The van der Waals surface area contributed by atoms with Crippen LogP contribution in [0.1, 0.15) is 5.56 Å². The van der Waals surface area contributed by atoms with E-state index >= 15 is 0 Å². The van der Waals surface area contributed by atoms with Crippen LogP contribution in [-0.4, -0.2) is 17.1 Å². The number of aromatic nitrogens is 2. The van der Waals surface area contributed by atoms with Gasteiger partial charge in [-0.2, -0.15) is 5.26 Å². The van der Waals surface area contributed by atoms with Gasteiger partial charge in [-0.25, -0.2) is 4.98 Å². The number of hydrogen-bond acceptors (Lipinski definition) is 4. The zero-order valence-corrected chi connectivity index (χ0v) is 15.7. The Labute approximate surface area is 167 Å². The van der Waals surface area contributed by atoms with Gasteiger partial charge < -0.3 is 9.72 Å². The number of nitrogens with one attached hydrogen (secondary N) is 1. The van der Waals surface area contributed by atoms with Crippen LogP contribution in [0.15, 0.2) is 83.9 Å². The average molecular weight is 379 g/mol. The zero-order chi connectivity index (χ0) is 20.2. The van der Waals surface area contributed by atoms with Crippen LogP contribution in [0.5, 0.6) is 5.88 Å². The lowest BCUT2D eigenvalue weighted by molar-refractivity contribution is 0.398. The summed E-state index contributed by atoms with van der Waals surface area (Å²) in [5.41, 5.74) is 5.18. The summed E-state index contributed by atoms with van der Waals surface area (Å²) in [4.78, 5) is 19.4. The lowest BCUT2D eigenvalue weighted by Crippen LogP contribution is -2.07. The number of methoxy groups -OCH3 is 1. The molecule has 0 spiro atoms. The van der Waals surface area contributed by atoms with Crippen LogP contribution in [0.25, 0.3) is 33.4 Å². The second-order valence-corrected chi connectivity index (χ2v) is 6.46. The molecule has 140 valence electrons. The van der Waals surface area contributed by atoms with Gasteiger partial charge in [0.2, 0.25) is 5.88 Å². The molecule has 5 heteroatoms. The number of rotatable bonds is 4. The molecule has 2 aromatic carbocycles. The normalized spacial score (nSPS) is 10.3. The predicted molar refractivity (Wildman–Crippen MR) is 112 cm³/mol. The van der Waals surface area contributed by atoms with Crippen LogP contribution in [0.3, 0.4) is 0 Å². The minimum absolute atomic E-state index is 0.169. The van der Waals surface area contributed by atoms with E-state index in [1.165, 1.54) is 0 Å². The van der Waals surface area contributed by atoms with Crippen molar-refractivity contribution < 1.29 is 4.74 Å². The molecule has 1 N–H and O–H groups in total. The van der Waals surface area contributed by atoms with Crippen molar-refractivity contribution in [3.05, 3.63) is 95.0 Å². The molecular formula is C24H17N3O2. The summed E-state index contributed by atoms with van der Waals surface area (Å²) in [5.74, 6) is 0.527. The molecule has 0 radical (unpaired) electrons. The van der Waals surface area contributed by atoms with Gasteiger partial charge >= 0.3 is 0 Å². The molecule has 0 aliphatic heterocycles. The fraction of sp³-hybridized carbons (Fsp3) is 0.0417. The van der Waals surface area contributed by atoms with Crippen molar-refractivity contribution in [2.75, 3.05) is 7.11 Å². The van der Waals surface area contributed by atoms with E-state index in [2.05, 4.69) is 16.0 Å². The number of H-pyrrole nitrogens is 1. The van der Waals surface area contributed by atoms with Gasteiger partial charge in [-0.1, -0.05) is 18.2 Å². The maximum absolute atomic E-state index is 12.4. The molecule has 2 heterocycles. The molecule has 0 aliphatic carbocycles. The third-order valence-corrected chi connectivity index (χ3v) is 4.70. The highest BCUT2D eigenvalue weighted by molar-refractivity contribution is 5.82. The van der Waals surface area contributed by atoms with E-state index in [4.69, 9.17) is 4.74 Å². The van der Waals surface area contributed by atoms with Crippen molar-refractivity contribution in [2.45, 2.75) is 0 Å². The minimum atomic E-state index is -0.169. The number of aromatic amines is 1. The third kappa shape index (κ3) is 3.64. The topological polar surface area (TPSA) is 78.8 Å². The van der Waals surface area contributed by atoms with Gasteiger partial charge in [0.15, 0.2) is 0 Å². The summed E-state index contributed by atoms with van der Waals surface area (Å²) >= 11 is 0. The smallest absolute Gasteiger partial charge is 0.255 e. The van der Waals surface area contributed by atoms with E-state index in [1.54, 1.807) is 43.8 Å². The highest BCUT2D eigenvalue weighted by Gasteiger charge is 2.12. The van der Waals surface area contributed by atoms with Gasteiger partial charge in [-0.05, 0) is 64.7 Å². The second kappa shape index (κ2) is 7.83. The van der Waals surface area contributed by atoms with Gasteiger partial charge in [0.05, 0.1) is 18.7 Å². The number of nitrogens with zero attached hydrogens (tertiary/aromatic N) is 2. The van der Waals surface area contributed by atoms with Crippen LogP contribution < -0.4 is 10.3 Å². The van der Waals surface area contributed by atoms with Crippen molar-refractivity contribution in [1.82, 2.24) is 9.97 Å². The summed E-state index contributed by atoms with van der Waals surface area (Å²) in [6, 6.07) is 22.8. The number of benzene rings is 2. The second-order valence-electron chi connectivity index (χ2n) is 6.46. The van der Waals surface area contributed by atoms with Gasteiger partial charge in [0.1, 0.15) is 0 Å². The number of hydrogen-bond donors (Lipinski definition) is 1. The van der Waals surface area contributed by atoms with Crippen LogP contribution in [-0.2, 0) is 0 Å². The molecule has 0 atom stereocenters.